The monoisotopic (exact) mass is 255 g/mol. The first-order valence-electron chi connectivity index (χ1n) is 4.86. The highest BCUT2D eigenvalue weighted by atomic mass is 79.9. The van der Waals surface area contributed by atoms with Gasteiger partial charge in [-0.25, -0.2) is 4.98 Å². The Morgan fingerprint density at radius 3 is 2.71 bits per heavy atom. The summed E-state index contributed by atoms with van der Waals surface area (Å²) in [6.07, 6.45) is 0. The summed E-state index contributed by atoms with van der Waals surface area (Å²) in [7, 11) is 0. The number of aromatic nitrogens is 1. The zero-order valence-corrected chi connectivity index (χ0v) is 9.84. The number of hydrogen-bond donors (Lipinski definition) is 1. The minimum absolute atomic E-state index is 1.05. The van der Waals surface area contributed by atoms with E-state index in [1.807, 2.05) is 6.92 Å². The van der Waals surface area contributed by atoms with Gasteiger partial charge in [-0.05, 0) is 35.0 Å². The fraction of sp³-hybridized carbons (Fsp3) is 0.500. The highest BCUT2D eigenvalue weighted by Gasteiger charge is 2.11. The minimum Gasteiger partial charge on any atom is -0.354 e. The predicted octanol–water partition coefficient (Wildman–Crippen LogP) is 1.56. The second-order valence-corrected chi connectivity index (χ2v) is 4.33. The fourth-order valence-electron chi connectivity index (χ4n) is 1.60. The summed E-state index contributed by atoms with van der Waals surface area (Å²) in [5.74, 6) is 1.09. The maximum Gasteiger partial charge on any atom is 0.128 e. The Kier molecular flexibility index (Phi) is 3.03. The van der Waals surface area contributed by atoms with E-state index in [9.17, 15) is 0 Å². The van der Waals surface area contributed by atoms with Crippen molar-refractivity contribution >= 4 is 21.7 Å². The second-order valence-electron chi connectivity index (χ2n) is 3.47. The molecule has 14 heavy (non-hydrogen) atoms. The Morgan fingerprint density at radius 1 is 1.36 bits per heavy atom. The molecular formula is C10H14BrN3. The van der Waals surface area contributed by atoms with Crippen LogP contribution in [0.15, 0.2) is 16.6 Å². The Morgan fingerprint density at radius 2 is 2.07 bits per heavy atom. The maximum atomic E-state index is 4.55. The molecule has 76 valence electrons. The summed E-state index contributed by atoms with van der Waals surface area (Å²) in [6.45, 7) is 6.23. The van der Waals surface area contributed by atoms with Crippen LogP contribution in [-0.2, 0) is 0 Å². The number of nitrogens with one attached hydrogen (secondary N) is 1. The van der Waals surface area contributed by atoms with E-state index in [1.165, 1.54) is 0 Å². The molecule has 0 aliphatic carbocycles. The zero-order valence-electron chi connectivity index (χ0n) is 8.26. The van der Waals surface area contributed by atoms with Gasteiger partial charge in [0.1, 0.15) is 5.82 Å². The van der Waals surface area contributed by atoms with Crippen molar-refractivity contribution in [2.45, 2.75) is 6.92 Å². The van der Waals surface area contributed by atoms with Crippen LogP contribution < -0.4 is 10.2 Å². The van der Waals surface area contributed by atoms with Gasteiger partial charge in [0.05, 0.1) is 5.69 Å². The highest BCUT2D eigenvalue weighted by Crippen LogP contribution is 2.19. The molecule has 2 rings (SSSR count). The molecule has 1 aliphatic rings. The lowest BCUT2D eigenvalue weighted by atomic mass is 10.3. The van der Waals surface area contributed by atoms with E-state index < -0.39 is 0 Å². The van der Waals surface area contributed by atoms with Crippen molar-refractivity contribution in [3.8, 4) is 0 Å². The number of anilines is 1. The SMILES string of the molecule is Cc1nc(N2CCNCC2)ccc1Br. The number of aryl methyl sites for hydroxylation is 1. The summed E-state index contributed by atoms with van der Waals surface area (Å²) in [6, 6.07) is 4.14. The van der Waals surface area contributed by atoms with Crippen molar-refractivity contribution in [3.05, 3.63) is 22.3 Å². The largest absolute Gasteiger partial charge is 0.354 e. The van der Waals surface area contributed by atoms with E-state index in [0.717, 1.165) is 42.2 Å². The molecule has 1 saturated heterocycles. The van der Waals surface area contributed by atoms with Gasteiger partial charge in [0.25, 0.3) is 0 Å². The molecule has 0 bridgehead atoms. The third-order valence-electron chi connectivity index (χ3n) is 2.45. The minimum atomic E-state index is 1.05. The van der Waals surface area contributed by atoms with Crippen LogP contribution in [0.3, 0.4) is 0 Å². The number of piperazine rings is 1. The van der Waals surface area contributed by atoms with E-state index in [1.54, 1.807) is 0 Å². The molecule has 1 aromatic heterocycles. The van der Waals surface area contributed by atoms with Crippen LogP contribution in [0.4, 0.5) is 5.82 Å². The van der Waals surface area contributed by atoms with Gasteiger partial charge in [-0.15, -0.1) is 0 Å². The normalized spacial score (nSPS) is 17.1. The van der Waals surface area contributed by atoms with E-state index in [2.05, 4.69) is 43.3 Å². The molecule has 0 aromatic carbocycles. The quantitative estimate of drug-likeness (QED) is 0.826. The molecule has 1 fully saturated rings. The third kappa shape index (κ3) is 2.07. The number of rotatable bonds is 1. The molecule has 1 aromatic rings. The fourth-order valence-corrected chi connectivity index (χ4v) is 1.82. The van der Waals surface area contributed by atoms with Crippen molar-refractivity contribution in [3.63, 3.8) is 0 Å². The lowest BCUT2D eigenvalue weighted by molar-refractivity contribution is 0.584. The number of pyridine rings is 1. The van der Waals surface area contributed by atoms with Crippen LogP contribution in [-0.4, -0.2) is 31.2 Å². The maximum absolute atomic E-state index is 4.55. The van der Waals surface area contributed by atoms with Crippen LogP contribution in [0.25, 0.3) is 0 Å². The molecule has 2 heterocycles. The van der Waals surface area contributed by atoms with E-state index >= 15 is 0 Å². The van der Waals surface area contributed by atoms with Gasteiger partial charge < -0.3 is 10.2 Å². The summed E-state index contributed by atoms with van der Waals surface area (Å²) >= 11 is 3.46. The van der Waals surface area contributed by atoms with E-state index in [-0.39, 0.29) is 0 Å². The Labute approximate surface area is 92.6 Å². The predicted molar refractivity (Wildman–Crippen MR) is 61.8 cm³/mol. The van der Waals surface area contributed by atoms with Crippen LogP contribution in [0, 0.1) is 6.92 Å². The van der Waals surface area contributed by atoms with Crippen molar-refractivity contribution in [1.29, 1.82) is 0 Å². The molecule has 1 aliphatic heterocycles. The van der Waals surface area contributed by atoms with Crippen molar-refractivity contribution in [2.75, 3.05) is 31.1 Å². The van der Waals surface area contributed by atoms with Crippen molar-refractivity contribution in [1.82, 2.24) is 10.3 Å². The van der Waals surface area contributed by atoms with Crippen LogP contribution in [0.1, 0.15) is 5.69 Å². The van der Waals surface area contributed by atoms with Gasteiger partial charge in [0.2, 0.25) is 0 Å². The zero-order chi connectivity index (χ0) is 9.97. The smallest absolute Gasteiger partial charge is 0.128 e. The first kappa shape index (κ1) is 9.93. The standard InChI is InChI=1S/C10H14BrN3/c1-8-9(11)2-3-10(13-8)14-6-4-12-5-7-14/h2-3,12H,4-7H2,1H3. The number of nitrogens with zero attached hydrogens (tertiary/aromatic N) is 2. The second kappa shape index (κ2) is 4.28. The molecule has 3 nitrogen and oxygen atoms in total. The van der Waals surface area contributed by atoms with Crippen LogP contribution in [0.5, 0.6) is 0 Å². The van der Waals surface area contributed by atoms with Gasteiger partial charge in [0.15, 0.2) is 0 Å². The topological polar surface area (TPSA) is 28.2 Å². The molecule has 0 atom stereocenters. The number of hydrogen-bond acceptors (Lipinski definition) is 3. The molecule has 1 N–H and O–H groups in total. The Balaban J connectivity index is 2.18. The van der Waals surface area contributed by atoms with E-state index in [0.29, 0.717) is 0 Å². The molecule has 0 radical (unpaired) electrons. The lowest BCUT2D eigenvalue weighted by Crippen LogP contribution is -2.43. The molecular weight excluding hydrogens is 242 g/mol. The summed E-state index contributed by atoms with van der Waals surface area (Å²) in [5, 5.41) is 3.33. The Bertz CT molecular complexity index is 321. The van der Waals surface area contributed by atoms with Gasteiger partial charge in [-0.1, -0.05) is 0 Å². The van der Waals surface area contributed by atoms with Crippen molar-refractivity contribution < 1.29 is 0 Å². The summed E-state index contributed by atoms with van der Waals surface area (Å²) in [5.41, 5.74) is 1.06. The molecule has 0 spiro atoms. The van der Waals surface area contributed by atoms with Crippen molar-refractivity contribution in [2.24, 2.45) is 0 Å². The highest BCUT2D eigenvalue weighted by molar-refractivity contribution is 9.10. The molecule has 0 unspecified atom stereocenters. The first-order valence-corrected chi connectivity index (χ1v) is 5.65. The van der Waals surface area contributed by atoms with Gasteiger partial charge in [-0.3, -0.25) is 0 Å². The van der Waals surface area contributed by atoms with Gasteiger partial charge in [-0.2, -0.15) is 0 Å². The van der Waals surface area contributed by atoms with Crippen LogP contribution >= 0.6 is 15.9 Å². The third-order valence-corrected chi connectivity index (χ3v) is 3.29. The average Bonchev–Trinajstić information content (AvgIpc) is 2.23. The average molecular weight is 256 g/mol. The van der Waals surface area contributed by atoms with E-state index in [4.69, 9.17) is 0 Å². The summed E-state index contributed by atoms with van der Waals surface area (Å²) < 4.78 is 1.08. The van der Waals surface area contributed by atoms with Gasteiger partial charge >= 0.3 is 0 Å². The molecule has 0 amide bonds. The molecule has 0 saturated carbocycles. The Hall–Kier alpha value is -0.610. The lowest BCUT2D eigenvalue weighted by Gasteiger charge is -2.28. The van der Waals surface area contributed by atoms with Crippen LogP contribution in [0.2, 0.25) is 0 Å². The first-order chi connectivity index (χ1) is 6.77. The van der Waals surface area contributed by atoms with Gasteiger partial charge in [0, 0.05) is 30.7 Å². The number of halogens is 1. The molecule has 4 heteroatoms. The summed E-state index contributed by atoms with van der Waals surface area (Å²) in [4.78, 5) is 6.86.